The predicted molar refractivity (Wildman–Crippen MR) is 124 cm³/mol. The molecule has 4 rings (SSSR count). The summed E-state index contributed by atoms with van der Waals surface area (Å²) in [5, 5.41) is 15.3. The zero-order valence-corrected chi connectivity index (χ0v) is 18.0. The van der Waals surface area contributed by atoms with Crippen LogP contribution in [0.15, 0.2) is 54.6 Å². The Labute approximate surface area is 181 Å². The average Bonchev–Trinajstić information content (AvgIpc) is 3.15. The van der Waals surface area contributed by atoms with Crippen LogP contribution in [0, 0.1) is 0 Å². The number of pyridine rings is 1. The molecular formula is C24H29N5O2. The molecule has 0 saturated heterocycles. The maximum atomic E-state index is 11.1. The van der Waals surface area contributed by atoms with Gasteiger partial charge in [-0.3, -0.25) is 0 Å². The minimum Gasteiger partial charge on any atom is -0.391 e. The van der Waals surface area contributed by atoms with Crippen LogP contribution in [0.4, 0.5) is 5.82 Å². The van der Waals surface area contributed by atoms with Crippen molar-refractivity contribution in [1.82, 2.24) is 19.9 Å². The van der Waals surface area contributed by atoms with Crippen LogP contribution in [0.25, 0.3) is 21.9 Å². The summed E-state index contributed by atoms with van der Waals surface area (Å²) in [6.45, 7) is 3.26. The summed E-state index contributed by atoms with van der Waals surface area (Å²) < 4.78 is 7.69. The van der Waals surface area contributed by atoms with E-state index in [2.05, 4.69) is 22.4 Å². The maximum Gasteiger partial charge on any atom is 0.152 e. The molecule has 7 heteroatoms. The fraction of sp³-hybridized carbons (Fsp3) is 0.333. The lowest BCUT2D eigenvalue weighted by molar-refractivity contribution is 0.112. The summed E-state index contributed by atoms with van der Waals surface area (Å²) in [6.07, 6.45) is -0.0316. The van der Waals surface area contributed by atoms with Gasteiger partial charge in [-0.1, -0.05) is 48.5 Å². The van der Waals surface area contributed by atoms with Gasteiger partial charge >= 0.3 is 0 Å². The summed E-state index contributed by atoms with van der Waals surface area (Å²) in [5.74, 6) is 1.12. The van der Waals surface area contributed by atoms with Crippen LogP contribution in [-0.2, 0) is 17.9 Å². The van der Waals surface area contributed by atoms with Gasteiger partial charge in [0.2, 0.25) is 0 Å². The molecule has 0 aliphatic rings. The van der Waals surface area contributed by atoms with E-state index < -0.39 is 6.10 Å². The number of nitrogens with zero attached hydrogens (tertiary/aromatic N) is 3. The number of ether oxygens (including phenoxy) is 1. The number of rotatable bonds is 9. The van der Waals surface area contributed by atoms with Crippen molar-refractivity contribution in [2.75, 3.05) is 19.4 Å². The average molecular weight is 420 g/mol. The lowest BCUT2D eigenvalue weighted by atomic mass is 10.0. The lowest BCUT2D eigenvalue weighted by Gasteiger charge is -2.22. The highest BCUT2D eigenvalue weighted by Crippen LogP contribution is 2.30. The van der Waals surface area contributed by atoms with Crippen molar-refractivity contribution >= 4 is 27.8 Å². The highest BCUT2D eigenvalue weighted by molar-refractivity contribution is 6.06. The molecule has 0 aliphatic heterocycles. The van der Waals surface area contributed by atoms with Crippen molar-refractivity contribution < 1.29 is 9.84 Å². The molecule has 0 spiro atoms. The van der Waals surface area contributed by atoms with E-state index in [4.69, 9.17) is 15.5 Å². The van der Waals surface area contributed by atoms with Crippen LogP contribution in [0.2, 0.25) is 0 Å². The molecule has 4 N–H and O–H groups in total. The Morgan fingerprint density at radius 3 is 2.58 bits per heavy atom. The van der Waals surface area contributed by atoms with E-state index in [-0.39, 0.29) is 6.04 Å². The standard InChI is InChI=1S/C24H29N5O2/c1-3-31-15-21-28-22-23(18-11-7-8-12-19(18)27-24(22)25)29(21)14-17(30)13-20(26-2)16-9-5-4-6-10-16/h4-12,17,20,26,30H,3,13-15H2,1-2H3,(H2,25,27). The number of nitrogen functional groups attached to an aromatic ring is 1. The van der Waals surface area contributed by atoms with E-state index in [1.807, 2.05) is 61.0 Å². The highest BCUT2D eigenvalue weighted by atomic mass is 16.5. The van der Waals surface area contributed by atoms with E-state index in [1.165, 1.54) is 0 Å². The lowest BCUT2D eigenvalue weighted by Crippen LogP contribution is -2.26. The quantitative estimate of drug-likeness (QED) is 0.385. The smallest absolute Gasteiger partial charge is 0.152 e. The highest BCUT2D eigenvalue weighted by Gasteiger charge is 2.21. The summed E-state index contributed by atoms with van der Waals surface area (Å²) in [5.41, 5.74) is 9.73. The Bertz CT molecular complexity index is 1160. The number of aromatic nitrogens is 3. The number of hydrogen-bond donors (Lipinski definition) is 3. The Kier molecular flexibility index (Phi) is 6.46. The zero-order valence-electron chi connectivity index (χ0n) is 18.0. The third kappa shape index (κ3) is 4.39. The van der Waals surface area contributed by atoms with Gasteiger partial charge < -0.3 is 25.5 Å². The molecule has 0 amide bonds. The molecule has 0 aliphatic carbocycles. The first kappa shape index (κ1) is 21.2. The Morgan fingerprint density at radius 2 is 1.84 bits per heavy atom. The van der Waals surface area contributed by atoms with E-state index in [0.29, 0.717) is 37.5 Å². The zero-order chi connectivity index (χ0) is 21.8. The van der Waals surface area contributed by atoms with E-state index in [1.54, 1.807) is 0 Å². The second-order valence-corrected chi connectivity index (χ2v) is 7.63. The van der Waals surface area contributed by atoms with Crippen molar-refractivity contribution in [3.05, 3.63) is 66.0 Å². The molecule has 162 valence electrons. The monoisotopic (exact) mass is 419 g/mol. The fourth-order valence-electron chi connectivity index (χ4n) is 4.07. The van der Waals surface area contributed by atoms with Crippen LogP contribution < -0.4 is 11.1 Å². The van der Waals surface area contributed by atoms with Gasteiger partial charge in [-0.25, -0.2) is 9.97 Å². The molecule has 2 heterocycles. The minimum atomic E-state index is -0.594. The second kappa shape index (κ2) is 9.43. The van der Waals surface area contributed by atoms with Crippen molar-refractivity contribution in [3.63, 3.8) is 0 Å². The molecule has 0 bridgehead atoms. The molecule has 0 saturated carbocycles. The van der Waals surface area contributed by atoms with Gasteiger partial charge in [0.05, 0.1) is 23.7 Å². The largest absolute Gasteiger partial charge is 0.391 e. The first-order chi connectivity index (χ1) is 15.1. The third-order valence-corrected chi connectivity index (χ3v) is 5.58. The number of aliphatic hydroxyl groups excluding tert-OH is 1. The van der Waals surface area contributed by atoms with Gasteiger partial charge in [0, 0.05) is 18.0 Å². The van der Waals surface area contributed by atoms with Crippen LogP contribution in [-0.4, -0.2) is 39.4 Å². The van der Waals surface area contributed by atoms with Gasteiger partial charge in [-0.05, 0) is 32.0 Å². The molecule has 0 fully saturated rings. The molecule has 2 unspecified atom stereocenters. The summed E-state index contributed by atoms with van der Waals surface area (Å²) in [6, 6.07) is 18.1. The van der Waals surface area contributed by atoms with Crippen molar-refractivity contribution in [3.8, 4) is 0 Å². The third-order valence-electron chi connectivity index (χ3n) is 5.58. The molecule has 4 aromatic rings. The van der Waals surface area contributed by atoms with Gasteiger partial charge in [-0.15, -0.1) is 0 Å². The van der Waals surface area contributed by atoms with Crippen molar-refractivity contribution in [2.45, 2.75) is 38.6 Å². The first-order valence-electron chi connectivity index (χ1n) is 10.6. The molecular weight excluding hydrogens is 390 g/mol. The molecule has 31 heavy (non-hydrogen) atoms. The van der Waals surface area contributed by atoms with Crippen LogP contribution >= 0.6 is 0 Å². The number of nitrogens with two attached hydrogens (primary N) is 1. The van der Waals surface area contributed by atoms with E-state index in [0.717, 1.165) is 27.8 Å². The van der Waals surface area contributed by atoms with Gasteiger partial charge in [-0.2, -0.15) is 0 Å². The van der Waals surface area contributed by atoms with Gasteiger partial charge in [0.15, 0.2) is 5.82 Å². The van der Waals surface area contributed by atoms with Crippen LogP contribution in [0.5, 0.6) is 0 Å². The molecule has 2 aromatic heterocycles. The van der Waals surface area contributed by atoms with Crippen LogP contribution in [0.1, 0.15) is 30.8 Å². The fourth-order valence-corrected chi connectivity index (χ4v) is 4.07. The normalized spacial score (nSPS) is 13.6. The first-order valence-corrected chi connectivity index (χ1v) is 10.6. The number of fused-ring (bicyclic) bond motifs is 3. The van der Waals surface area contributed by atoms with Gasteiger partial charge in [0.25, 0.3) is 0 Å². The van der Waals surface area contributed by atoms with Crippen molar-refractivity contribution in [2.24, 2.45) is 0 Å². The summed E-state index contributed by atoms with van der Waals surface area (Å²) >= 11 is 0. The summed E-state index contributed by atoms with van der Waals surface area (Å²) in [4.78, 5) is 9.24. The maximum absolute atomic E-state index is 11.1. The Hall–Kier alpha value is -3.00. The Morgan fingerprint density at radius 1 is 1.10 bits per heavy atom. The number of aliphatic hydroxyl groups is 1. The number of para-hydroxylation sites is 1. The minimum absolute atomic E-state index is 0.0461. The summed E-state index contributed by atoms with van der Waals surface area (Å²) in [7, 11) is 1.91. The molecule has 7 nitrogen and oxygen atoms in total. The second-order valence-electron chi connectivity index (χ2n) is 7.63. The number of imidazole rings is 1. The van der Waals surface area contributed by atoms with Gasteiger partial charge in [0.1, 0.15) is 17.9 Å². The predicted octanol–water partition coefficient (Wildman–Crippen LogP) is 3.41. The number of anilines is 1. The number of nitrogens with one attached hydrogen (secondary N) is 1. The number of hydrogen-bond acceptors (Lipinski definition) is 6. The topological polar surface area (TPSA) is 98.2 Å². The molecule has 2 atom stereocenters. The SMILES string of the molecule is CCOCc1nc2c(N)nc3ccccc3c2n1CC(O)CC(NC)c1ccccc1. The Balaban J connectivity index is 1.72. The van der Waals surface area contributed by atoms with E-state index in [9.17, 15) is 5.11 Å². The van der Waals surface area contributed by atoms with E-state index >= 15 is 0 Å². The van der Waals surface area contributed by atoms with Crippen molar-refractivity contribution in [1.29, 1.82) is 0 Å². The number of benzene rings is 2. The molecule has 2 aromatic carbocycles. The van der Waals surface area contributed by atoms with Crippen LogP contribution in [0.3, 0.4) is 0 Å². The molecule has 0 radical (unpaired) electrons.